The van der Waals surface area contributed by atoms with Crippen molar-refractivity contribution >= 4 is 21.6 Å². The monoisotopic (exact) mass is 503 g/mol. The molecule has 0 radical (unpaired) electrons. The lowest BCUT2D eigenvalue weighted by Crippen LogP contribution is -2.37. The Balaban J connectivity index is 1.77. The summed E-state index contributed by atoms with van der Waals surface area (Å²) >= 11 is 0. The number of aryl methyl sites for hydroxylation is 1. The van der Waals surface area contributed by atoms with E-state index < -0.39 is 22.0 Å². The molecule has 1 atom stereocenters. The SMILES string of the molecule is C=C(C(=O)OC)[C@H]1c2cc3c(cc2C(c2ccccc2)=CCN1S(=O)(=O)c1ccc(C)cc1)OCO3. The number of hydrogen-bond acceptors (Lipinski definition) is 6. The van der Waals surface area contributed by atoms with E-state index in [9.17, 15) is 13.2 Å². The predicted octanol–water partition coefficient (Wildman–Crippen LogP) is 4.63. The summed E-state index contributed by atoms with van der Waals surface area (Å²) in [5, 5.41) is 0. The zero-order valence-electron chi connectivity index (χ0n) is 19.9. The van der Waals surface area contributed by atoms with Crippen LogP contribution in [0.5, 0.6) is 11.5 Å². The molecule has 0 fully saturated rings. The van der Waals surface area contributed by atoms with Gasteiger partial charge in [-0.3, -0.25) is 0 Å². The lowest BCUT2D eigenvalue weighted by molar-refractivity contribution is -0.136. The Hall–Kier alpha value is -3.88. The van der Waals surface area contributed by atoms with E-state index in [1.807, 2.05) is 49.4 Å². The normalized spacial score (nSPS) is 17.1. The third kappa shape index (κ3) is 4.08. The van der Waals surface area contributed by atoms with Gasteiger partial charge in [-0.25, -0.2) is 13.2 Å². The number of sulfonamides is 1. The van der Waals surface area contributed by atoms with Crippen molar-refractivity contribution < 1.29 is 27.4 Å². The Morgan fingerprint density at radius 1 is 1.03 bits per heavy atom. The van der Waals surface area contributed by atoms with Crippen LogP contribution in [0.4, 0.5) is 0 Å². The van der Waals surface area contributed by atoms with Gasteiger partial charge >= 0.3 is 5.97 Å². The van der Waals surface area contributed by atoms with Crippen LogP contribution in [0.25, 0.3) is 5.57 Å². The molecular weight excluding hydrogens is 478 g/mol. The lowest BCUT2D eigenvalue weighted by atomic mass is 9.89. The molecule has 0 saturated heterocycles. The van der Waals surface area contributed by atoms with Crippen molar-refractivity contribution in [3.05, 3.63) is 107 Å². The second kappa shape index (κ2) is 9.29. The van der Waals surface area contributed by atoms with Crippen LogP contribution in [0.1, 0.15) is 28.3 Å². The summed E-state index contributed by atoms with van der Waals surface area (Å²) < 4.78 is 45.5. The Kier molecular flexibility index (Phi) is 6.15. The fourth-order valence-corrected chi connectivity index (χ4v) is 6.09. The van der Waals surface area contributed by atoms with Gasteiger partial charge in [0.1, 0.15) is 0 Å². The number of benzene rings is 3. The summed E-state index contributed by atoms with van der Waals surface area (Å²) in [6.45, 7) is 5.92. The number of fused-ring (bicyclic) bond motifs is 2. The molecule has 0 bridgehead atoms. The molecule has 0 aliphatic carbocycles. The molecule has 2 heterocycles. The standard InChI is InChI=1S/C28H25NO6S/c1-18-9-11-21(12-10-18)36(31,32)29-14-13-22(20-7-5-4-6-8-20)23-15-25-26(35-17-34-25)16-24(23)27(29)19(2)28(30)33-3/h4-13,15-16,27H,2,14,17H2,1,3H3/t27-/m0/s1. The largest absolute Gasteiger partial charge is 0.466 e. The Morgan fingerprint density at radius 2 is 1.69 bits per heavy atom. The van der Waals surface area contributed by atoms with E-state index >= 15 is 0 Å². The molecule has 3 aromatic carbocycles. The summed E-state index contributed by atoms with van der Waals surface area (Å²) in [7, 11) is -2.81. The second-order valence-electron chi connectivity index (χ2n) is 8.58. The molecule has 3 aromatic rings. The molecular formula is C28H25NO6S. The lowest BCUT2D eigenvalue weighted by Gasteiger charge is -2.31. The maximum absolute atomic E-state index is 14.0. The zero-order valence-corrected chi connectivity index (χ0v) is 20.7. The minimum atomic E-state index is -4.05. The predicted molar refractivity (Wildman–Crippen MR) is 135 cm³/mol. The molecule has 0 N–H and O–H groups in total. The van der Waals surface area contributed by atoms with Gasteiger partial charge in [-0.2, -0.15) is 4.31 Å². The highest BCUT2D eigenvalue weighted by atomic mass is 32.2. The summed E-state index contributed by atoms with van der Waals surface area (Å²) in [5.74, 6) is 0.321. The van der Waals surface area contributed by atoms with E-state index in [1.54, 1.807) is 30.3 Å². The number of carbonyl (C=O) groups is 1. The van der Waals surface area contributed by atoms with Crippen LogP contribution in [0.3, 0.4) is 0 Å². The zero-order chi connectivity index (χ0) is 25.4. The molecule has 7 nitrogen and oxygen atoms in total. The van der Waals surface area contributed by atoms with E-state index in [1.165, 1.54) is 11.4 Å². The smallest absolute Gasteiger partial charge is 0.335 e. The minimum Gasteiger partial charge on any atom is -0.466 e. The third-order valence-corrected chi connectivity index (χ3v) is 8.23. The molecule has 0 aromatic heterocycles. The van der Waals surface area contributed by atoms with Crippen molar-refractivity contribution in [2.75, 3.05) is 20.4 Å². The van der Waals surface area contributed by atoms with Crippen LogP contribution < -0.4 is 9.47 Å². The first-order chi connectivity index (χ1) is 17.3. The maximum atomic E-state index is 14.0. The van der Waals surface area contributed by atoms with Gasteiger partial charge < -0.3 is 14.2 Å². The number of hydrogen-bond donors (Lipinski definition) is 0. The summed E-state index contributed by atoms with van der Waals surface area (Å²) in [6, 6.07) is 18.8. The highest BCUT2D eigenvalue weighted by molar-refractivity contribution is 7.89. The third-order valence-electron chi connectivity index (χ3n) is 6.38. The summed E-state index contributed by atoms with van der Waals surface area (Å²) in [6.07, 6.45) is 1.85. The van der Waals surface area contributed by atoms with Gasteiger partial charge in [-0.05, 0) is 53.5 Å². The number of methoxy groups -OCH3 is 1. The van der Waals surface area contributed by atoms with Gasteiger partial charge in [0.05, 0.1) is 23.6 Å². The molecule has 2 aliphatic heterocycles. The van der Waals surface area contributed by atoms with Crippen molar-refractivity contribution in [3.63, 3.8) is 0 Å². The molecule has 8 heteroatoms. The number of esters is 1. The second-order valence-corrected chi connectivity index (χ2v) is 10.5. The molecule has 184 valence electrons. The van der Waals surface area contributed by atoms with Gasteiger partial charge in [0.2, 0.25) is 16.8 Å². The number of carbonyl (C=O) groups excluding carboxylic acids is 1. The van der Waals surface area contributed by atoms with Crippen molar-refractivity contribution in [3.8, 4) is 11.5 Å². The van der Waals surface area contributed by atoms with Crippen LogP contribution in [-0.2, 0) is 19.6 Å². The fourth-order valence-electron chi connectivity index (χ4n) is 4.55. The number of rotatable bonds is 5. The van der Waals surface area contributed by atoms with Crippen molar-refractivity contribution in [1.29, 1.82) is 0 Å². The van der Waals surface area contributed by atoms with Gasteiger partial charge in [0, 0.05) is 6.54 Å². The molecule has 0 saturated carbocycles. The maximum Gasteiger partial charge on any atom is 0.335 e. The molecule has 2 aliphatic rings. The van der Waals surface area contributed by atoms with Crippen molar-refractivity contribution in [2.24, 2.45) is 0 Å². The quantitative estimate of drug-likeness (QED) is 0.373. The van der Waals surface area contributed by atoms with Crippen LogP contribution in [-0.4, -0.2) is 39.1 Å². The van der Waals surface area contributed by atoms with Crippen LogP contribution in [0.2, 0.25) is 0 Å². The first kappa shape index (κ1) is 23.8. The molecule has 5 rings (SSSR count). The van der Waals surface area contributed by atoms with Crippen molar-refractivity contribution in [2.45, 2.75) is 17.9 Å². The fraction of sp³-hybridized carbons (Fsp3) is 0.179. The molecule has 36 heavy (non-hydrogen) atoms. The molecule has 0 spiro atoms. The van der Waals surface area contributed by atoms with E-state index in [-0.39, 0.29) is 23.8 Å². The first-order valence-electron chi connectivity index (χ1n) is 11.4. The highest BCUT2D eigenvalue weighted by Gasteiger charge is 2.40. The van der Waals surface area contributed by atoms with Crippen LogP contribution in [0.15, 0.2) is 89.9 Å². The van der Waals surface area contributed by atoms with Crippen LogP contribution >= 0.6 is 0 Å². The Morgan fingerprint density at radius 3 is 2.36 bits per heavy atom. The Labute approximate surface area is 210 Å². The topological polar surface area (TPSA) is 82.1 Å². The Bertz CT molecular complexity index is 1480. The highest BCUT2D eigenvalue weighted by Crippen LogP contribution is 2.46. The number of ether oxygens (including phenoxy) is 3. The average Bonchev–Trinajstić information content (AvgIpc) is 3.28. The first-order valence-corrected chi connectivity index (χ1v) is 12.8. The number of nitrogens with zero attached hydrogens (tertiary/aromatic N) is 1. The van der Waals surface area contributed by atoms with E-state index in [0.717, 1.165) is 22.3 Å². The van der Waals surface area contributed by atoms with Crippen molar-refractivity contribution in [1.82, 2.24) is 4.31 Å². The molecule has 0 unspecified atom stereocenters. The van der Waals surface area contributed by atoms with Gasteiger partial charge in [0.25, 0.3) is 0 Å². The van der Waals surface area contributed by atoms with Crippen LogP contribution in [0, 0.1) is 6.92 Å². The summed E-state index contributed by atoms with van der Waals surface area (Å²) in [4.78, 5) is 12.9. The van der Waals surface area contributed by atoms with E-state index in [4.69, 9.17) is 14.2 Å². The van der Waals surface area contributed by atoms with E-state index in [0.29, 0.717) is 17.1 Å². The molecule has 0 amide bonds. The van der Waals surface area contributed by atoms with Gasteiger partial charge in [0.15, 0.2) is 11.5 Å². The van der Waals surface area contributed by atoms with E-state index in [2.05, 4.69) is 6.58 Å². The van der Waals surface area contributed by atoms with Gasteiger partial charge in [-0.1, -0.05) is 60.7 Å². The minimum absolute atomic E-state index is 0.00216. The summed E-state index contributed by atoms with van der Waals surface area (Å²) in [5.41, 5.74) is 3.92. The van der Waals surface area contributed by atoms with Gasteiger partial charge in [-0.15, -0.1) is 0 Å². The average molecular weight is 504 g/mol.